The fourth-order valence-electron chi connectivity index (χ4n) is 1.57. The fourth-order valence-corrected chi connectivity index (χ4v) is 1.57. The second kappa shape index (κ2) is 6.39. The first-order valence-corrected chi connectivity index (χ1v) is 6.03. The van der Waals surface area contributed by atoms with Gasteiger partial charge in [-0.1, -0.05) is 6.92 Å². The molecule has 1 aromatic heterocycles. The summed E-state index contributed by atoms with van der Waals surface area (Å²) in [5.41, 5.74) is 1.07. The quantitative estimate of drug-likeness (QED) is 0.785. The minimum Gasteiger partial charge on any atom is -0.373 e. The van der Waals surface area contributed by atoms with E-state index >= 15 is 0 Å². The van der Waals surface area contributed by atoms with E-state index in [9.17, 15) is 0 Å². The zero-order valence-electron chi connectivity index (χ0n) is 11.5. The summed E-state index contributed by atoms with van der Waals surface area (Å²) in [5.74, 6) is 2.60. The maximum absolute atomic E-state index is 4.42. The number of hydrogen-bond donors (Lipinski definition) is 2. The highest BCUT2D eigenvalue weighted by molar-refractivity contribution is 5.56. The molecule has 0 spiro atoms. The second-order valence-corrected chi connectivity index (χ2v) is 4.17. The Kier molecular flexibility index (Phi) is 5.15. The first kappa shape index (κ1) is 13.7. The Morgan fingerprint density at radius 1 is 1.18 bits per heavy atom. The third-order valence-electron chi connectivity index (χ3n) is 2.82. The first-order chi connectivity index (χ1) is 8.08. The molecule has 0 saturated heterocycles. The minimum atomic E-state index is 0.784. The molecule has 0 radical (unpaired) electrons. The summed E-state index contributed by atoms with van der Waals surface area (Å²) in [6, 6.07) is 0. The lowest BCUT2D eigenvalue weighted by Crippen LogP contribution is -2.25. The Bertz CT molecular complexity index is 364. The molecule has 2 N–H and O–H groups in total. The van der Waals surface area contributed by atoms with E-state index in [0.717, 1.165) is 42.7 Å². The van der Waals surface area contributed by atoms with Crippen LogP contribution in [0.3, 0.4) is 0 Å². The van der Waals surface area contributed by atoms with Crippen LogP contribution in [0.15, 0.2) is 0 Å². The van der Waals surface area contributed by atoms with Crippen molar-refractivity contribution in [2.45, 2.75) is 20.8 Å². The monoisotopic (exact) mass is 237 g/mol. The average molecular weight is 237 g/mol. The zero-order chi connectivity index (χ0) is 12.8. The van der Waals surface area contributed by atoms with Crippen molar-refractivity contribution in [1.29, 1.82) is 0 Å². The molecule has 5 nitrogen and oxygen atoms in total. The summed E-state index contributed by atoms with van der Waals surface area (Å²) in [5, 5.41) is 6.45. The standard InChI is InChI=1S/C12H23N5/c1-6-17(5)8-7-14-12-9(2)11(13-4)15-10(3)16-12/h6-8H2,1-5H3,(H2,13,14,15,16). The Balaban J connectivity index is 2.67. The van der Waals surface area contributed by atoms with Crippen molar-refractivity contribution in [3.8, 4) is 0 Å². The molecule has 1 heterocycles. The van der Waals surface area contributed by atoms with Crippen LogP contribution in [-0.4, -0.2) is 48.6 Å². The van der Waals surface area contributed by atoms with Crippen LogP contribution in [0.25, 0.3) is 0 Å². The van der Waals surface area contributed by atoms with Gasteiger partial charge in [-0.2, -0.15) is 0 Å². The fraction of sp³-hybridized carbons (Fsp3) is 0.667. The average Bonchev–Trinajstić information content (AvgIpc) is 2.32. The van der Waals surface area contributed by atoms with Crippen LogP contribution < -0.4 is 10.6 Å². The number of likely N-dealkylation sites (N-methyl/N-ethyl adjacent to an activating group) is 1. The Hall–Kier alpha value is -1.36. The molecular formula is C12H23N5. The molecule has 0 atom stereocenters. The van der Waals surface area contributed by atoms with E-state index in [-0.39, 0.29) is 0 Å². The Labute approximate surface area is 104 Å². The number of aromatic nitrogens is 2. The minimum absolute atomic E-state index is 0.784. The van der Waals surface area contributed by atoms with E-state index in [0.29, 0.717) is 0 Å². The van der Waals surface area contributed by atoms with Crippen LogP contribution in [0, 0.1) is 13.8 Å². The molecule has 0 aromatic carbocycles. The Morgan fingerprint density at radius 3 is 2.41 bits per heavy atom. The van der Waals surface area contributed by atoms with Crippen molar-refractivity contribution in [1.82, 2.24) is 14.9 Å². The van der Waals surface area contributed by atoms with Crippen LogP contribution in [0.1, 0.15) is 18.3 Å². The van der Waals surface area contributed by atoms with E-state index in [2.05, 4.69) is 39.5 Å². The third kappa shape index (κ3) is 3.85. The van der Waals surface area contributed by atoms with Crippen LogP contribution in [0.5, 0.6) is 0 Å². The van der Waals surface area contributed by atoms with Gasteiger partial charge in [-0.3, -0.25) is 0 Å². The van der Waals surface area contributed by atoms with Gasteiger partial charge >= 0.3 is 0 Å². The summed E-state index contributed by atoms with van der Waals surface area (Å²) >= 11 is 0. The number of nitrogens with zero attached hydrogens (tertiary/aromatic N) is 3. The van der Waals surface area contributed by atoms with E-state index in [1.54, 1.807) is 0 Å². The van der Waals surface area contributed by atoms with Gasteiger partial charge in [-0.05, 0) is 27.4 Å². The van der Waals surface area contributed by atoms with Crippen molar-refractivity contribution in [3.05, 3.63) is 11.4 Å². The van der Waals surface area contributed by atoms with Crippen LogP contribution >= 0.6 is 0 Å². The van der Waals surface area contributed by atoms with Crippen molar-refractivity contribution in [2.75, 3.05) is 44.4 Å². The van der Waals surface area contributed by atoms with Crippen molar-refractivity contribution in [2.24, 2.45) is 0 Å². The molecule has 0 aliphatic heterocycles. The number of rotatable bonds is 6. The van der Waals surface area contributed by atoms with Gasteiger partial charge in [0.2, 0.25) is 0 Å². The van der Waals surface area contributed by atoms with Gasteiger partial charge in [0.25, 0.3) is 0 Å². The van der Waals surface area contributed by atoms with E-state index < -0.39 is 0 Å². The molecule has 1 aromatic rings. The largest absolute Gasteiger partial charge is 0.373 e. The smallest absolute Gasteiger partial charge is 0.134 e. The van der Waals surface area contributed by atoms with Crippen LogP contribution in [0.2, 0.25) is 0 Å². The molecule has 0 amide bonds. The van der Waals surface area contributed by atoms with Crippen molar-refractivity contribution in [3.63, 3.8) is 0 Å². The van der Waals surface area contributed by atoms with E-state index in [1.165, 1.54) is 0 Å². The van der Waals surface area contributed by atoms with E-state index in [4.69, 9.17) is 0 Å². The lowest BCUT2D eigenvalue weighted by Gasteiger charge is -2.16. The zero-order valence-corrected chi connectivity index (χ0v) is 11.5. The third-order valence-corrected chi connectivity index (χ3v) is 2.82. The molecule has 17 heavy (non-hydrogen) atoms. The lowest BCUT2D eigenvalue weighted by atomic mass is 10.3. The summed E-state index contributed by atoms with van der Waals surface area (Å²) in [6.45, 7) is 9.05. The lowest BCUT2D eigenvalue weighted by molar-refractivity contribution is 0.367. The van der Waals surface area contributed by atoms with Crippen LogP contribution in [-0.2, 0) is 0 Å². The van der Waals surface area contributed by atoms with Gasteiger partial charge in [0.05, 0.1) is 0 Å². The molecule has 5 heteroatoms. The summed E-state index contributed by atoms with van der Waals surface area (Å²) in [7, 11) is 3.99. The molecule has 0 aliphatic rings. The van der Waals surface area contributed by atoms with Gasteiger partial charge in [-0.15, -0.1) is 0 Å². The molecule has 0 saturated carbocycles. The molecular weight excluding hydrogens is 214 g/mol. The molecule has 0 aliphatic carbocycles. The van der Waals surface area contributed by atoms with Crippen LogP contribution in [0.4, 0.5) is 11.6 Å². The van der Waals surface area contributed by atoms with Gasteiger partial charge in [0.1, 0.15) is 17.5 Å². The SMILES string of the molecule is CCN(C)CCNc1nc(C)nc(NC)c1C. The summed E-state index contributed by atoms with van der Waals surface area (Å²) < 4.78 is 0. The van der Waals surface area contributed by atoms with Gasteiger partial charge in [0, 0.05) is 25.7 Å². The second-order valence-electron chi connectivity index (χ2n) is 4.17. The molecule has 0 fully saturated rings. The number of anilines is 2. The highest BCUT2D eigenvalue weighted by Crippen LogP contribution is 2.18. The normalized spacial score (nSPS) is 10.7. The highest BCUT2D eigenvalue weighted by Gasteiger charge is 2.07. The first-order valence-electron chi connectivity index (χ1n) is 6.03. The van der Waals surface area contributed by atoms with Gasteiger partial charge in [-0.25, -0.2) is 9.97 Å². The maximum Gasteiger partial charge on any atom is 0.134 e. The Morgan fingerprint density at radius 2 is 1.82 bits per heavy atom. The number of nitrogens with one attached hydrogen (secondary N) is 2. The number of aryl methyl sites for hydroxylation is 1. The van der Waals surface area contributed by atoms with E-state index in [1.807, 2.05) is 20.9 Å². The molecule has 96 valence electrons. The molecule has 0 unspecified atom stereocenters. The molecule has 1 rings (SSSR count). The van der Waals surface area contributed by atoms with Crippen molar-refractivity contribution < 1.29 is 0 Å². The predicted octanol–water partition coefficient (Wildman–Crippen LogP) is 1.50. The van der Waals surface area contributed by atoms with Crippen molar-refractivity contribution >= 4 is 11.6 Å². The highest BCUT2D eigenvalue weighted by atomic mass is 15.1. The van der Waals surface area contributed by atoms with Gasteiger partial charge < -0.3 is 15.5 Å². The maximum atomic E-state index is 4.42. The molecule has 0 bridgehead atoms. The predicted molar refractivity (Wildman–Crippen MR) is 72.7 cm³/mol. The summed E-state index contributed by atoms with van der Waals surface area (Å²) in [6.07, 6.45) is 0. The van der Waals surface area contributed by atoms with Gasteiger partial charge in [0.15, 0.2) is 0 Å². The summed E-state index contributed by atoms with van der Waals surface area (Å²) in [4.78, 5) is 11.0. The topological polar surface area (TPSA) is 53.1 Å². The number of hydrogen-bond acceptors (Lipinski definition) is 5.